The monoisotopic (exact) mass is 402 g/mol. The van der Waals surface area contributed by atoms with Crippen molar-refractivity contribution in [2.75, 3.05) is 69.3 Å². The van der Waals surface area contributed by atoms with Crippen LogP contribution < -0.4 is 15.1 Å². The largest absolute Gasteiger partial charge is 0.378 e. The normalized spacial score (nSPS) is 22.4. The van der Waals surface area contributed by atoms with Gasteiger partial charge in [-0.25, -0.2) is 4.98 Å². The first-order valence-electron chi connectivity index (χ1n) is 10.6. The molecule has 1 atom stereocenters. The van der Waals surface area contributed by atoms with Crippen LogP contribution in [0.1, 0.15) is 25.0 Å². The molecule has 3 aliphatic heterocycles. The molecule has 3 aliphatic rings. The molecule has 1 aromatic rings. The predicted octanol–water partition coefficient (Wildman–Crippen LogP) is 0.0504. The third kappa shape index (κ3) is 4.77. The number of nitrogens with one attached hydrogen (secondary N) is 1. The minimum absolute atomic E-state index is 0.0337. The third-order valence-corrected chi connectivity index (χ3v) is 5.87. The summed E-state index contributed by atoms with van der Waals surface area (Å²) in [6.07, 6.45) is 3.29. The lowest BCUT2D eigenvalue weighted by atomic mass is 10.1. The molecule has 9 nitrogen and oxygen atoms in total. The number of anilines is 2. The van der Waals surface area contributed by atoms with Crippen LogP contribution in [-0.2, 0) is 20.7 Å². The summed E-state index contributed by atoms with van der Waals surface area (Å²) < 4.78 is 5.47. The molecule has 0 bridgehead atoms. The summed E-state index contributed by atoms with van der Waals surface area (Å²) in [5.41, 5.74) is 0.934. The number of ether oxygens (including phenoxy) is 1. The Morgan fingerprint density at radius 3 is 2.62 bits per heavy atom. The van der Waals surface area contributed by atoms with Gasteiger partial charge < -0.3 is 24.8 Å². The van der Waals surface area contributed by atoms with E-state index in [2.05, 4.69) is 15.1 Å². The maximum atomic E-state index is 12.4. The maximum Gasteiger partial charge on any atom is 0.227 e. The van der Waals surface area contributed by atoms with Crippen molar-refractivity contribution in [3.05, 3.63) is 11.8 Å². The number of likely N-dealkylation sites (tertiary alicyclic amines) is 1. The number of nitrogens with zero attached hydrogens (tertiary/aromatic N) is 5. The number of hydrogen-bond donors (Lipinski definition) is 1. The van der Waals surface area contributed by atoms with Gasteiger partial charge in [-0.2, -0.15) is 4.98 Å². The van der Waals surface area contributed by atoms with Crippen LogP contribution in [0.25, 0.3) is 0 Å². The third-order valence-electron chi connectivity index (χ3n) is 5.87. The van der Waals surface area contributed by atoms with Crippen LogP contribution >= 0.6 is 0 Å². The van der Waals surface area contributed by atoms with Crippen LogP contribution in [0.2, 0.25) is 0 Å². The van der Waals surface area contributed by atoms with Gasteiger partial charge in [0.1, 0.15) is 5.82 Å². The molecule has 9 heteroatoms. The second-order valence-corrected chi connectivity index (χ2v) is 8.03. The Morgan fingerprint density at radius 1 is 1.17 bits per heavy atom. The fraction of sp³-hybridized carbons (Fsp3) is 0.700. The maximum absolute atomic E-state index is 12.4. The lowest BCUT2D eigenvalue weighted by Crippen LogP contribution is -2.37. The summed E-state index contributed by atoms with van der Waals surface area (Å²) in [5, 5.41) is 2.98. The molecule has 0 saturated carbocycles. The van der Waals surface area contributed by atoms with E-state index in [1.807, 2.05) is 6.07 Å². The molecule has 1 N–H and O–H groups in total. The number of amides is 2. The highest BCUT2D eigenvalue weighted by atomic mass is 16.5. The van der Waals surface area contributed by atoms with Crippen LogP contribution in [0.4, 0.5) is 11.8 Å². The number of aromatic nitrogens is 2. The highest BCUT2D eigenvalue weighted by molar-refractivity contribution is 5.89. The lowest BCUT2D eigenvalue weighted by molar-refractivity contribution is -0.128. The number of rotatable bonds is 6. The van der Waals surface area contributed by atoms with Crippen molar-refractivity contribution < 1.29 is 14.3 Å². The zero-order valence-corrected chi connectivity index (χ0v) is 17.1. The zero-order valence-electron chi connectivity index (χ0n) is 17.1. The van der Waals surface area contributed by atoms with Gasteiger partial charge in [0, 0.05) is 70.9 Å². The van der Waals surface area contributed by atoms with Gasteiger partial charge in [0.05, 0.1) is 19.1 Å². The smallest absolute Gasteiger partial charge is 0.227 e. The van der Waals surface area contributed by atoms with Crippen LogP contribution in [0.3, 0.4) is 0 Å². The molecule has 1 aromatic heterocycles. The van der Waals surface area contributed by atoms with Crippen molar-refractivity contribution in [1.29, 1.82) is 0 Å². The van der Waals surface area contributed by atoms with E-state index in [1.165, 1.54) is 12.8 Å². The Hall–Kier alpha value is -2.42. The van der Waals surface area contributed by atoms with Crippen LogP contribution in [0.15, 0.2) is 6.07 Å². The average molecular weight is 402 g/mol. The molecular formula is C20H30N6O3. The van der Waals surface area contributed by atoms with E-state index in [1.54, 1.807) is 11.9 Å². The minimum Gasteiger partial charge on any atom is -0.378 e. The van der Waals surface area contributed by atoms with E-state index in [4.69, 9.17) is 14.7 Å². The number of morpholine rings is 1. The molecule has 0 aliphatic carbocycles. The van der Waals surface area contributed by atoms with Gasteiger partial charge >= 0.3 is 0 Å². The van der Waals surface area contributed by atoms with E-state index < -0.39 is 0 Å². The highest BCUT2D eigenvalue weighted by Gasteiger charge is 2.31. The van der Waals surface area contributed by atoms with Gasteiger partial charge in [-0.3, -0.25) is 9.59 Å². The van der Waals surface area contributed by atoms with Crippen molar-refractivity contribution >= 4 is 23.6 Å². The van der Waals surface area contributed by atoms with Gasteiger partial charge in [-0.15, -0.1) is 0 Å². The zero-order chi connectivity index (χ0) is 20.2. The first-order chi connectivity index (χ1) is 14.1. The summed E-state index contributed by atoms with van der Waals surface area (Å²) in [7, 11) is 1.74. The number of hydrogen-bond acceptors (Lipinski definition) is 7. The molecule has 3 saturated heterocycles. The van der Waals surface area contributed by atoms with E-state index in [0.717, 1.165) is 43.6 Å². The second kappa shape index (κ2) is 8.94. The second-order valence-electron chi connectivity index (χ2n) is 8.03. The Labute approximate surface area is 171 Å². The van der Waals surface area contributed by atoms with Crippen molar-refractivity contribution in [2.24, 2.45) is 5.92 Å². The number of carbonyl (C=O) groups is 2. The Balaban J connectivity index is 1.40. The predicted molar refractivity (Wildman–Crippen MR) is 109 cm³/mol. The SMILES string of the molecule is CN1C[C@H](C(=O)NCCc2cc(N3CCOCC3)nc(N3CCCC3)n2)CC1=O. The molecule has 0 unspecified atom stereocenters. The quantitative estimate of drug-likeness (QED) is 0.719. The lowest BCUT2D eigenvalue weighted by Gasteiger charge is -2.29. The van der Waals surface area contributed by atoms with E-state index in [0.29, 0.717) is 39.1 Å². The molecule has 4 rings (SSSR count). The Bertz CT molecular complexity index is 746. The van der Waals surface area contributed by atoms with Crippen molar-refractivity contribution in [2.45, 2.75) is 25.7 Å². The molecule has 4 heterocycles. The molecule has 158 valence electrons. The van der Waals surface area contributed by atoms with Crippen molar-refractivity contribution in [3.8, 4) is 0 Å². The van der Waals surface area contributed by atoms with Crippen molar-refractivity contribution in [1.82, 2.24) is 20.2 Å². The summed E-state index contributed by atoms with van der Waals surface area (Å²) in [4.78, 5) is 39.7. The van der Waals surface area contributed by atoms with Gasteiger partial charge in [-0.05, 0) is 12.8 Å². The van der Waals surface area contributed by atoms with Crippen LogP contribution in [0.5, 0.6) is 0 Å². The first-order valence-corrected chi connectivity index (χ1v) is 10.6. The molecule has 29 heavy (non-hydrogen) atoms. The first kappa shape index (κ1) is 19.9. The van der Waals surface area contributed by atoms with Gasteiger partial charge in [0.25, 0.3) is 0 Å². The minimum atomic E-state index is -0.248. The summed E-state index contributed by atoms with van der Waals surface area (Å²) >= 11 is 0. The van der Waals surface area contributed by atoms with E-state index in [-0.39, 0.29) is 17.7 Å². The van der Waals surface area contributed by atoms with Gasteiger partial charge in [-0.1, -0.05) is 0 Å². The topological polar surface area (TPSA) is 90.9 Å². The standard InChI is InChI=1S/C20H30N6O3/c1-24-14-15(12-18(24)27)19(28)21-5-4-16-13-17(25-8-10-29-11-9-25)23-20(22-16)26-6-2-3-7-26/h13,15H,2-12,14H2,1H3,(H,21,28)/t15-/m1/s1. The van der Waals surface area contributed by atoms with E-state index >= 15 is 0 Å². The Kier molecular flexibility index (Phi) is 6.13. The molecular weight excluding hydrogens is 372 g/mol. The molecule has 0 aromatic carbocycles. The van der Waals surface area contributed by atoms with E-state index in [9.17, 15) is 9.59 Å². The fourth-order valence-corrected chi connectivity index (χ4v) is 4.11. The summed E-state index contributed by atoms with van der Waals surface area (Å²) in [6.45, 7) is 6.07. The van der Waals surface area contributed by atoms with Gasteiger partial charge in [0.2, 0.25) is 17.8 Å². The summed E-state index contributed by atoms with van der Waals surface area (Å²) in [5.74, 6) is 1.46. The number of carbonyl (C=O) groups excluding carboxylic acids is 2. The Morgan fingerprint density at radius 2 is 1.93 bits per heavy atom. The molecule has 0 radical (unpaired) electrons. The highest BCUT2D eigenvalue weighted by Crippen LogP contribution is 2.22. The van der Waals surface area contributed by atoms with Crippen LogP contribution in [-0.4, -0.2) is 86.2 Å². The molecule has 2 amide bonds. The fourth-order valence-electron chi connectivity index (χ4n) is 4.11. The molecule has 0 spiro atoms. The summed E-state index contributed by atoms with van der Waals surface area (Å²) in [6, 6.07) is 2.03. The molecule has 3 fully saturated rings. The average Bonchev–Trinajstić information content (AvgIpc) is 3.39. The van der Waals surface area contributed by atoms with Gasteiger partial charge in [0.15, 0.2) is 0 Å². The van der Waals surface area contributed by atoms with Crippen molar-refractivity contribution in [3.63, 3.8) is 0 Å². The van der Waals surface area contributed by atoms with Crippen LogP contribution in [0, 0.1) is 5.92 Å².